The predicted octanol–water partition coefficient (Wildman–Crippen LogP) is 3.69. The summed E-state index contributed by atoms with van der Waals surface area (Å²) in [6.45, 7) is 2.99. The van der Waals surface area contributed by atoms with Crippen LogP contribution < -0.4 is 19.0 Å². The fourth-order valence-corrected chi connectivity index (χ4v) is 4.50. The third kappa shape index (κ3) is 6.09. The molecular formula is C25H28N2O7S. The first-order valence-corrected chi connectivity index (χ1v) is 11.6. The standard InChI is InChI=1S/C25H28N2O7S/c1-6-34-24(29)17-8-9-18-21(15-17)35-25(27(18)11-12-30-2)26-22(28)10-7-16-13-19(31-3)23(33-5)20(14-16)32-4/h7-10,13-15H,6,11-12H2,1-5H3. The highest BCUT2D eigenvalue weighted by molar-refractivity contribution is 7.16. The Balaban J connectivity index is 1.97. The minimum absolute atomic E-state index is 0.294. The molecular weight excluding hydrogens is 472 g/mol. The van der Waals surface area contributed by atoms with E-state index in [0.29, 0.717) is 52.9 Å². The molecule has 3 aromatic rings. The molecule has 1 heterocycles. The molecule has 2 aromatic carbocycles. The van der Waals surface area contributed by atoms with Gasteiger partial charge in [0.25, 0.3) is 5.91 Å². The monoisotopic (exact) mass is 500 g/mol. The second-order valence-electron chi connectivity index (χ2n) is 7.17. The first-order valence-electron chi connectivity index (χ1n) is 10.8. The molecule has 1 amide bonds. The van der Waals surface area contributed by atoms with Crippen molar-refractivity contribution in [3.63, 3.8) is 0 Å². The van der Waals surface area contributed by atoms with E-state index >= 15 is 0 Å². The Morgan fingerprint density at radius 2 is 1.74 bits per heavy atom. The van der Waals surface area contributed by atoms with Crippen LogP contribution in [0.4, 0.5) is 0 Å². The minimum atomic E-state index is -0.443. The Morgan fingerprint density at radius 1 is 1.03 bits per heavy atom. The maximum Gasteiger partial charge on any atom is 0.338 e. The summed E-state index contributed by atoms with van der Waals surface area (Å²) in [5.41, 5.74) is 1.98. The number of aromatic nitrogens is 1. The summed E-state index contributed by atoms with van der Waals surface area (Å²) < 4.78 is 29.1. The van der Waals surface area contributed by atoms with Gasteiger partial charge in [-0.25, -0.2) is 4.79 Å². The molecule has 0 aliphatic heterocycles. The van der Waals surface area contributed by atoms with Crippen LogP contribution >= 0.6 is 11.3 Å². The summed E-state index contributed by atoms with van der Waals surface area (Å²) >= 11 is 1.31. The number of carbonyl (C=O) groups is 2. The summed E-state index contributed by atoms with van der Waals surface area (Å²) in [6.07, 6.45) is 3.00. The zero-order valence-electron chi connectivity index (χ0n) is 20.3. The number of methoxy groups -OCH3 is 4. The molecule has 0 N–H and O–H groups in total. The van der Waals surface area contributed by atoms with Crippen molar-refractivity contribution in [2.24, 2.45) is 4.99 Å². The third-order valence-corrected chi connectivity index (χ3v) is 6.07. The van der Waals surface area contributed by atoms with Gasteiger partial charge in [0.2, 0.25) is 5.75 Å². The molecule has 0 spiro atoms. The predicted molar refractivity (Wildman–Crippen MR) is 133 cm³/mol. The summed E-state index contributed by atoms with van der Waals surface area (Å²) in [4.78, 5) is 29.6. The number of thiazole rings is 1. The maximum absolute atomic E-state index is 12.7. The lowest BCUT2D eigenvalue weighted by Crippen LogP contribution is -2.19. The summed E-state index contributed by atoms with van der Waals surface area (Å²) in [5, 5.41) is 0. The second-order valence-corrected chi connectivity index (χ2v) is 8.18. The van der Waals surface area contributed by atoms with Crippen LogP contribution in [-0.4, -0.2) is 58.1 Å². The van der Waals surface area contributed by atoms with Crippen LogP contribution in [0.25, 0.3) is 16.3 Å². The molecule has 0 saturated carbocycles. The number of amides is 1. The van der Waals surface area contributed by atoms with Crippen LogP contribution in [0.1, 0.15) is 22.8 Å². The van der Waals surface area contributed by atoms with Gasteiger partial charge < -0.3 is 28.3 Å². The molecule has 0 fully saturated rings. The van der Waals surface area contributed by atoms with Crippen molar-refractivity contribution < 1.29 is 33.3 Å². The Bertz CT molecular complexity index is 1280. The number of fused-ring (bicyclic) bond motifs is 1. The summed E-state index contributed by atoms with van der Waals surface area (Å²) in [6, 6.07) is 8.74. The van der Waals surface area contributed by atoms with Gasteiger partial charge in [-0.3, -0.25) is 4.79 Å². The van der Waals surface area contributed by atoms with Crippen molar-refractivity contribution >= 4 is 39.5 Å². The molecule has 3 rings (SSSR count). The highest BCUT2D eigenvalue weighted by Gasteiger charge is 2.14. The summed E-state index contributed by atoms with van der Waals surface area (Å²) in [7, 11) is 6.19. The fraction of sp³-hybridized carbons (Fsp3) is 0.320. The molecule has 0 radical (unpaired) electrons. The van der Waals surface area contributed by atoms with E-state index in [4.69, 9.17) is 23.7 Å². The van der Waals surface area contributed by atoms with E-state index in [2.05, 4.69) is 4.99 Å². The Morgan fingerprint density at radius 3 is 2.34 bits per heavy atom. The highest BCUT2D eigenvalue weighted by Crippen LogP contribution is 2.38. The number of carbonyl (C=O) groups excluding carboxylic acids is 2. The quantitative estimate of drug-likeness (QED) is 0.309. The first-order chi connectivity index (χ1) is 16.9. The Labute approximate surface area is 207 Å². The van der Waals surface area contributed by atoms with Gasteiger partial charge in [-0.05, 0) is 48.9 Å². The van der Waals surface area contributed by atoms with Crippen LogP contribution in [-0.2, 0) is 20.8 Å². The van der Waals surface area contributed by atoms with Crippen molar-refractivity contribution in [3.05, 3.63) is 52.3 Å². The van der Waals surface area contributed by atoms with Gasteiger partial charge in [-0.15, -0.1) is 0 Å². The van der Waals surface area contributed by atoms with Gasteiger partial charge in [-0.1, -0.05) is 11.3 Å². The molecule has 0 saturated heterocycles. The molecule has 186 valence electrons. The molecule has 0 aliphatic rings. The molecule has 35 heavy (non-hydrogen) atoms. The van der Waals surface area contributed by atoms with Crippen LogP contribution in [0.3, 0.4) is 0 Å². The largest absolute Gasteiger partial charge is 0.493 e. The van der Waals surface area contributed by atoms with Crippen LogP contribution in [0, 0.1) is 0 Å². The SMILES string of the molecule is CCOC(=O)c1ccc2c(c1)sc(=NC(=O)C=Cc1cc(OC)c(OC)c(OC)c1)n2CCOC. The molecule has 0 aliphatic carbocycles. The Kier molecular flexibility index (Phi) is 9.04. The van der Waals surface area contributed by atoms with Crippen molar-refractivity contribution in [2.75, 3.05) is 41.7 Å². The Hall–Kier alpha value is -3.63. The normalized spacial score (nSPS) is 11.7. The fourth-order valence-electron chi connectivity index (χ4n) is 3.40. The summed E-state index contributed by atoms with van der Waals surface area (Å²) in [5.74, 6) is 0.594. The van der Waals surface area contributed by atoms with Gasteiger partial charge in [0.05, 0.1) is 50.3 Å². The number of nitrogens with zero attached hydrogens (tertiary/aromatic N) is 2. The zero-order valence-corrected chi connectivity index (χ0v) is 21.1. The lowest BCUT2D eigenvalue weighted by molar-refractivity contribution is -0.113. The van der Waals surface area contributed by atoms with E-state index in [1.54, 1.807) is 44.4 Å². The van der Waals surface area contributed by atoms with Crippen molar-refractivity contribution in [1.82, 2.24) is 4.57 Å². The van der Waals surface area contributed by atoms with E-state index < -0.39 is 11.9 Å². The van der Waals surface area contributed by atoms with E-state index in [0.717, 1.165) is 10.2 Å². The van der Waals surface area contributed by atoms with E-state index in [1.165, 1.54) is 38.7 Å². The number of benzene rings is 2. The molecule has 1 aromatic heterocycles. The van der Waals surface area contributed by atoms with Crippen molar-refractivity contribution in [2.45, 2.75) is 13.5 Å². The van der Waals surface area contributed by atoms with Gasteiger partial charge in [0.15, 0.2) is 16.3 Å². The average molecular weight is 501 g/mol. The number of esters is 1. The van der Waals surface area contributed by atoms with Crippen molar-refractivity contribution in [3.8, 4) is 17.2 Å². The molecule has 0 unspecified atom stereocenters. The highest BCUT2D eigenvalue weighted by atomic mass is 32.1. The smallest absolute Gasteiger partial charge is 0.338 e. The number of rotatable bonds is 10. The van der Waals surface area contributed by atoms with E-state index in [9.17, 15) is 9.59 Å². The molecule has 10 heteroatoms. The topological polar surface area (TPSA) is 97.6 Å². The van der Waals surface area contributed by atoms with Crippen LogP contribution in [0.5, 0.6) is 17.2 Å². The van der Waals surface area contributed by atoms with Gasteiger partial charge in [0.1, 0.15) is 0 Å². The molecule has 0 bridgehead atoms. The number of hydrogen-bond donors (Lipinski definition) is 0. The maximum atomic E-state index is 12.7. The number of ether oxygens (including phenoxy) is 5. The van der Waals surface area contributed by atoms with Crippen LogP contribution in [0.2, 0.25) is 0 Å². The van der Waals surface area contributed by atoms with Gasteiger partial charge in [0, 0.05) is 19.7 Å². The lowest BCUT2D eigenvalue weighted by Gasteiger charge is -2.12. The molecule has 0 atom stereocenters. The van der Waals surface area contributed by atoms with E-state index in [-0.39, 0.29) is 0 Å². The average Bonchev–Trinajstić information content (AvgIpc) is 3.21. The first kappa shape index (κ1) is 26.0. The van der Waals surface area contributed by atoms with Crippen LogP contribution in [0.15, 0.2) is 41.4 Å². The molecule has 9 nitrogen and oxygen atoms in total. The number of hydrogen-bond acceptors (Lipinski definition) is 8. The van der Waals surface area contributed by atoms with Gasteiger partial charge in [-0.2, -0.15) is 4.99 Å². The minimum Gasteiger partial charge on any atom is -0.493 e. The third-order valence-electron chi connectivity index (χ3n) is 5.02. The van der Waals surface area contributed by atoms with E-state index in [1.807, 2.05) is 10.6 Å². The zero-order chi connectivity index (χ0) is 25.4. The second kappa shape index (κ2) is 12.2. The lowest BCUT2D eigenvalue weighted by atomic mass is 10.1. The van der Waals surface area contributed by atoms with Crippen molar-refractivity contribution in [1.29, 1.82) is 0 Å². The van der Waals surface area contributed by atoms with Gasteiger partial charge >= 0.3 is 5.97 Å².